The van der Waals surface area contributed by atoms with Crippen LogP contribution in [-0.4, -0.2) is 40.9 Å². The van der Waals surface area contributed by atoms with E-state index in [2.05, 4.69) is 5.32 Å². The van der Waals surface area contributed by atoms with E-state index in [1.807, 2.05) is 39.0 Å². The van der Waals surface area contributed by atoms with Crippen LogP contribution in [-0.2, 0) is 4.79 Å². The monoisotopic (exact) mass is 367 g/mol. The maximum atomic E-state index is 12.8. The summed E-state index contributed by atoms with van der Waals surface area (Å²) in [6, 6.07) is 9.14. The molecule has 0 bridgehead atoms. The fourth-order valence-electron chi connectivity index (χ4n) is 3.21. The summed E-state index contributed by atoms with van der Waals surface area (Å²) in [4.78, 5) is 27.3. The molecule has 1 aliphatic heterocycles. The normalized spacial score (nSPS) is 20.1. The molecular formula is C19H30ClN3O2. The molecular weight excluding hydrogens is 338 g/mol. The number of halogens is 1. The summed E-state index contributed by atoms with van der Waals surface area (Å²) in [5.74, 6) is -0.197. The average molecular weight is 368 g/mol. The molecule has 25 heavy (non-hydrogen) atoms. The molecule has 6 heteroatoms. The summed E-state index contributed by atoms with van der Waals surface area (Å²) < 4.78 is 0. The maximum absolute atomic E-state index is 12.8. The van der Waals surface area contributed by atoms with Crippen LogP contribution in [0.25, 0.3) is 0 Å². The van der Waals surface area contributed by atoms with E-state index < -0.39 is 5.54 Å². The molecule has 0 saturated carbocycles. The summed E-state index contributed by atoms with van der Waals surface area (Å²) >= 11 is 0. The SMILES string of the molecule is CCC(N)(CC)CNC(=O)C1(C)CCCN1C(=O)c1ccccc1.Cl. The van der Waals surface area contributed by atoms with Crippen LogP contribution >= 0.6 is 12.4 Å². The molecule has 2 amide bonds. The number of rotatable bonds is 6. The lowest BCUT2D eigenvalue weighted by Gasteiger charge is -2.35. The fourth-order valence-corrected chi connectivity index (χ4v) is 3.21. The van der Waals surface area contributed by atoms with Gasteiger partial charge >= 0.3 is 0 Å². The van der Waals surface area contributed by atoms with Crippen LogP contribution in [0.2, 0.25) is 0 Å². The summed E-state index contributed by atoms with van der Waals surface area (Å²) in [6.07, 6.45) is 3.10. The Morgan fingerprint density at radius 2 is 1.84 bits per heavy atom. The van der Waals surface area contributed by atoms with E-state index in [0.717, 1.165) is 19.3 Å². The number of nitrogens with zero attached hydrogens (tertiary/aromatic N) is 1. The highest BCUT2D eigenvalue weighted by molar-refractivity contribution is 5.99. The van der Waals surface area contributed by atoms with Gasteiger partial charge in [-0.25, -0.2) is 0 Å². The minimum atomic E-state index is -0.810. The first kappa shape index (κ1) is 21.5. The highest BCUT2D eigenvalue weighted by Crippen LogP contribution is 2.31. The molecule has 1 unspecified atom stereocenters. The summed E-state index contributed by atoms with van der Waals surface area (Å²) in [5, 5.41) is 2.99. The Balaban J connectivity index is 0.00000312. The molecule has 5 nitrogen and oxygen atoms in total. The third-order valence-electron chi connectivity index (χ3n) is 5.41. The zero-order chi connectivity index (χ0) is 17.8. The van der Waals surface area contributed by atoms with Crippen molar-refractivity contribution in [3.63, 3.8) is 0 Å². The lowest BCUT2D eigenvalue weighted by atomic mass is 9.92. The number of carbonyl (C=O) groups is 2. The second kappa shape index (κ2) is 8.68. The van der Waals surface area contributed by atoms with E-state index in [-0.39, 0.29) is 29.8 Å². The molecule has 0 spiro atoms. The van der Waals surface area contributed by atoms with Gasteiger partial charge in [0.05, 0.1) is 0 Å². The van der Waals surface area contributed by atoms with Crippen molar-refractivity contribution in [3.8, 4) is 0 Å². The quantitative estimate of drug-likeness (QED) is 0.811. The molecule has 0 aromatic heterocycles. The molecule has 140 valence electrons. The highest BCUT2D eigenvalue weighted by atomic mass is 35.5. The standard InChI is InChI=1S/C19H29N3O2.ClH/c1-4-19(20,5-2)14-21-17(24)18(3)12-9-13-22(18)16(23)15-10-7-6-8-11-15;/h6-8,10-11H,4-5,9,12-14,20H2,1-3H3,(H,21,24);1H. The number of nitrogens with one attached hydrogen (secondary N) is 1. The Hall–Kier alpha value is -1.59. The van der Waals surface area contributed by atoms with Crippen molar-refractivity contribution in [1.82, 2.24) is 10.2 Å². The number of benzene rings is 1. The number of likely N-dealkylation sites (tertiary alicyclic amines) is 1. The first-order valence-electron chi connectivity index (χ1n) is 8.80. The Kier molecular flexibility index (Phi) is 7.44. The molecule has 1 heterocycles. The van der Waals surface area contributed by atoms with E-state index in [0.29, 0.717) is 25.1 Å². The van der Waals surface area contributed by atoms with Crippen LogP contribution in [0.15, 0.2) is 30.3 Å². The van der Waals surface area contributed by atoms with Crippen LogP contribution in [0.3, 0.4) is 0 Å². The van der Waals surface area contributed by atoms with Crippen LogP contribution < -0.4 is 11.1 Å². The van der Waals surface area contributed by atoms with Gasteiger partial charge in [-0.05, 0) is 44.7 Å². The predicted octanol–water partition coefficient (Wildman–Crippen LogP) is 2.74. The van der Waals surface area contributed by atoms with Gasteiger partial charge in [-0.1, -0.05) is 32.0 Å². The molecule has 1 aromatic carbocycles. The van der Waals surface area contributed by atoms with Gasteiger partial charge in [0, 0.05) is 24.2 Å². The zero-order valence-corrected chi connectivity index (χ0v) is 16.2. The van der Waals surface area contributed by atoms with Crippen molar-refractivity contribution < 1.29 is 9.59 Å². The topological polar surface area (TPSA) is 75.4 Å². The van der Waals surface area contributed by atoms with Gasteiger partial charge in [0.25, 0.3) is 5.91 Å². The molecule has 1 aliphatic rings. The van der Waals surface area contributed by atoms with Gasteiger partial charge in [0.1, 0.15) is 5.54 Å². The average Bonchev–Trinajstić information content (AvgIpc) is 3.02. The number of hydrogen-bond acceptors (Lipinski definition) is 3. The van der Waals surface area contributed by atoms with Gasteiger partial charge in [-0.15, -0.1) is 12.4 Å². The smallest absolute Gasteiger partial charge is 0.254 e. The second-order valence-corrected chi connectivity index (χ2v) is 6.95. The number of carbonyl (C=O) groups excluding carboxylic acids is 2. The predicted molar refractivity (Wildman–Crippen MR) is 103 cm³/mol. The Morgan fingerprint density at radius 3 is 2.40 bits per heavy atom. The van der Waals surface area contributed by atoms with E-state index in [9.17, 15) is 9.59 Å². The van der Waals surface area contributed by atoms with E-state index in [1.165, 1.54) is 0 Å². The zero-order valence-electron chi connectivity index (χ0n) is 15.4. The van der Waals surface area contributed by atoms with Crippen molar-refractivity contribution in [2.45, 2.75) is 57.5 Å². The first-order valence-corrected chi connectivity index (χ1v) is 8.80. The largest absolute Gasteiger partial charge is 0.352 e. The van der Waals surface area contributed by atoms with Crippen LogP contribution in [0.5, 0.6) is 0 Å². The summed E-state index contributed by atoms with van der Waals surface area (Å²) in [7, 11) is 0. The van der Waals surface area contributed by atoms with Crippen LogP contribution in [0.4, 0.5) is 0 Å². The Morgan fingerprint density at radius 1 is 1.24 bits per heavy atom. The minimum Gasteiger partial charge on any atom is -0.352 e. The van der Waals surface area contributed by atoms with E-state index in [1.54, 1.807) is 17.0 Å². The second-order valence-electron chi connectivity index (χ2n) is 6.95. The molecule has 2 rings (SSSR count). The van der Waals surface area contributed by atoms with Crippen molar-refractivity contribution in [2.24, 2.45) is 5.73 Å². The molecule has 1 atom stereocenters. The van der Waals surface area contributed by atoms with Crippen LogP contribution in [0.1, 0.15) is 56.8 Å². The maximum Gasteiger partial charge on any atom is 0.254 e. The lowest BCUT2D eigenvalue weighted by Crippen LogP contribution is -2.58. The van der Waals surface area contributed by atoms with Gasteiger partial charge < -0.3 is 16.0 Å². The summed E-state index contributed by atoms with van der Waals surface area (Å²) in [6.45, 7) is 6.94. The molecule has 1 fully saturated rings. The van der Waals surface area contributed by atoms with Crippen LogP contribution in [0, 0.1) is 0 Å². The van der Waals surface area contributed by atoms with Gasteiger partial charge in [-0.2, -0.15) is 0 Å². The lowest BCUT2D eigenvalue weighted by molar-refractivity contribution is -0.130. The Labute approximate surface area is 156 Å². The van der Waals surface area contributed by atoms with E-state index >= 15 is 0 Å². The third kappa shape index (κ3) is 4.53. The number of amides is 2. The molecule has 1 saturated heterocycles. The van der Waals surface area contributed by atoms with Gasteiger partial charge in [0.15, 0.2) is 0 Å². The fraction of sp³-hybridized carbons (Fsp3) is 0.579. The first-order chi connectivity index (χ1) is 11.4. The van der Waals surface area contributed by atoms with Gasteiger partial charge in [-0.3, -0.25) is 9.59 Å². The number of nitrogens with two attached hydrogens (primary N) is 1. The molecule has 0 aliphatic carbocycles. The van der Waals surface area contributed by atoms with Crippen molar-refractivity contribution in [2.75, 3.05) is 13.1 Å². The molecule has 3 N–H and O–H groups in total. The molecule has 0 radical (unpaired) electrons. The van der Waals surface area contributed by atoms with Crippen molar-refractivity contribution >= 4 is 24.2 Å². The van der Waals surface area contributed by atoms with Crippen molar-refractivity contribution in [1.29, 1.82) is 0 Å². The van der Waals surface area contributed by atoms with Crippen molar-refractivity contribution in [3.05, 3.63) is 35.9 Å². The van der Waals surface area contributed by atoms with E-state index in [4.69, 9.17) is 5.73 Å². The summed E-state index contributed by atoms with van der Waals surface area (Å²) in [5.41, 5.74) is 5.70. The minimum absolute atomic E-state index is 0. The third-order valence-corrected chi connectivity index (χ3v) is 5.41. The number of hydrogen-bond donors (Lipinski definition) is 2. The highest BCUT2D eigenvalue weighted by Gasteiger charge is 2.46. The molecule has 1 aromatic rings. The Bertz CT molecular complexity index is 590. The van der Waals surface area contributed by atoms with Gasteiger partial charge in [0.2, 0.25) is 5.91 Å².